The van der Waals surface area contributed by atoms with E-state index in [0.29, 0.717) is 17.6 Å². The van der Waals surface area contributed by atoms with Crippen LogP contribution in [0.15, 0.2) is 64.8 Å². The zero-order valence-electron chi connectivity index (χ0n) is 14.2. The molecule has 0 saturated heterocycles. The van der Waals surface area contributed by atoms with Crippen LogP contribution >= 0.6 is 0 Å². The maximum absolute atomic E-state index is 11.9. The number of nitrogens with zero attached hydrogens (tertiary/aromatic N) is 2. The number of nitrogens with one attached hydrogen (secondary N) is 1. The van der Waals surface area contributed by atoms with Crippen molar-refractivity contribution in [2.24, 2.45) is 10.2 Å². The highest BCUT2D eigenvalue weighted by Crippen LogP contribution is 2.30. The van der Waals surface area contributed by atoms with Gasteiger partial charge in [0.1, 0.15) is 5.82 Å². The monoisotopic (exact) mass is 332 g/mol. The molecule has 5 heteroatoms. The minimum Gasteiger partial charge on any atom is -0.385 e. The van der Waals surface area contributed by atoms with Crippen molar-refractivity contribution in [2.45, 2.75) is 19.8 Å². The van der Waals surface area contributed by atoms with Gasteiger partial charge in [0.15, 0.2) is 5.82 Å². The zero-order valence-corrected chi connectivity index (χ0v) is 14.2. The summed E-state index contributed by atoms with van der Waals surface area (Å²) in [5.74, 6) is 1.05. The molecular weight excluding hydrogens is 312 g/mol. The quantitative estimate of drug-likeness (QED) is 0.508. The molecule has 1 heterocycles. The van der Waals surface area contributed by atoms with E-state index in [4.69, 9.17) is 5.73 Å². The van der Waals surface area contributed by atoms with Gasteiger partial charge in [-0.1, -0.05) is 62.4 Å². The van der Waals surface area contributed by atoms with Gasteiger partial charge in [-0.3, -0.25) is 4.79 Å². The third-order valence-electron chi connectivity index (χ3n) is 4.00. The van der Waals surface area contributed by atoms with Crippen LogP contribution in [0.1, 0.15) is 30.9 Å². The predicted molar refractivity (Wildman–Crippen MR) is 102 cm³/mol. The lowest BCUT2D eigenvalue weighted by molar-refractivity contribution is -0.113. The molecule has 3 aromatic rings. The Labute approximate surface area is 146 Å². The van der Waals surface area contributed by atoms with Crippen molar-refractivity contribution < 1.29 is 4.79 Å². The number of hydrogen-bond donors (Lipinski definition) is 2. The number of aromatic amines is 1. The van der Waals surface area contributed by atoms with Crippen molar-refractivity contribution in [1.29, 1.82) is 0 Å². The lowest BCUT2D eigenvalue weighted by Crippen LogP contribution is -1.87. The Kier molecular flexibility index (Phi) is 4.75. The third-order valence-corrected chi connectivity index (χ3v) is 4.00. The summed E-state index contributed by atoms with van der Waals surface area (Å²) in [6, 6.07) is 15.6. The number of azo groups is 1. The molecule has 1 amide bonds. The average molecular weight is 332 g/mol. The summed E-state index contributed by atoms with van der Waals surface area (Å²) >= 11 is 0. The fourth-order valence-electron chi connectivity index (χ4n) is 2.56. The summed E-state index contributed by atoms with van der Waals surface area (Å²) in [4.78, 5) is 14.9. The topological polar surface area (TPSA) is 83.6 Å². The summed E-state index contributed by atoms with van der Waals surface area (Å²) in [5, 5.41) is 9.43. The van der Waals surface area contributed by atoms with E-state index < -0.39 is 5.91 Å². The molecule has 0 saturated carbocycles. The van der Waals surface area contributed by atoms with Gasteiger partial charge in [-0.25, -0.2) is 0 Å². The highest BCUT2D eigenvalue weighted by molar-refractivity contribution is 6.00. The van der Waals surface area contributed by atoms with Crippen molar-refractivity contribution in [3.05, 3.63) is 65.7 Å². The molecular formula is C20H20N4O. The summed E-state index contributed by atoms with van der Waals surface area (Å²) in [5.41, 5.74) is 8.11. The highest BCUT2D eigenvalue weighted by Gasteiger charge is 2.06. The molecule has 0 atom stereocenters. The SMILES string of the molecule is CC(C)c1ccc(/C=C/C(=O)N=Nc2[nH]c(N)c3ccccc23)cc1. The van der Waals surface area contributed by atoms with Crippen molar-refractivity contribution in [1.82, 2.24) is 4.98 Å². The molecule has 0 unspecified atom stereocenters. The van der Waals surface area contributed by atoms with Gasteiger partial charge in [0.2, 0.25) is 0 Å². The van der Waals surface area contributed by atoms with Gasteiger partial charge in [0.05, 0.1) is 0 Å². The van der Waals surface area contributed by atoms with Crippen LogP contribution in [0.5, 0.6) is 0 Å². The van der Waals surface area contributed by atoms with Crippen molar-refractivity contribution in [3.8, 4) is 0 Å². The Balaban J connectivity index is 1.72. The van der Waals surface area contributed by atoms with Crippen LogP contribution in [0.2, 0.25) is 0 Å². The lowest BCUT2D eigenvalue weighted by atomic mass is 10.0. The first kappa shape index (κ1) is 16.6. The zero-order chi connectivity index (χ0) is 17.8. The number of anilines is 1. The molecule has 126 valence electrons. The molecule has 25 heavy (non-hydrogen) atoms. The second-order valence-electron chi connectivity index (χ2n) is 6.13. The minimum absolute atomic E-state index is 0.426. The number of H-pyrrole nitrogens is 1. The van der Waals surface area contributed by atoms with E-state index in [9.17, 15) is 4.79 Å². The molecule has 2 aromatic carbocycles. The highest BCUT2D eigenvalue weighted by atomic mass is 16.1. The predicted octanol–water partition coefficient (Wildman–Crippen LogP) is 5.20. The Morgan fingerprint density at radius 2 is 1.76 bits per heavy atom. The van der Waals surface area contributed by atoms with Crippen LogP contribution in [0, 0.1) is 0 Å². The van der Waals surface area contributed by atoms with Crippen LogP contribution < -0.4 is 5.73 Å². The standard InChI is InChI=1S/C20H20N4O/c1-13(2)15-10-7-14(8-11-15)9-12-18(25)23-24-20-17-6-4-3-5-16(17)19(21)22-20/h3-13,22H,21H2,1-2H3/b12-9+,24-23?. The summed E-state index contributed by atoms with van der Waals surface area (Å²) in [6.45, 7) is 4.29. The second kappa shape index (κ2) is 7.13. The van der Waals surface area contributed by atoms with Crippen LogP contribution in [0.25, 0.3) is 16.8 Å². The van der Waals surface area contributed by atoms with Gasteiger partial charge in [-0.15, -0.1) is 10.2 Å². The number of benzene rings is 2. The van der Waals surface area contributed by atoms with E-state index in [1.807, 2.05) is 36.4 Å². The number of aromatic nitrogens is 1. The third kappa shape index (κ3) is 3.83. The van der Waals surface area contributed by atoms with Gasteiger partial charge < -0.3 is 10.7 Å². The van der Waals surface area contributed by atoms with Gasteiger partial charge in [0, 0.05) is 16.8 Å². The molecule has 0 fully saturated rings. The fourth-order valence-corrected chi connectivity index (χ4v) is 2.56. The Morgan fingerprint density at radius 1 is 1.08 bits per heavy atom. The first-order valence-electron chi connectivity index (χ1n) is 8.14. The largest absolute Gasteiger partial charge is 0.385 e. The molecule has 1 aromatic heterocycles. The first-order valence-corrected chi connectivity index (χ1v) is 8.14. The van der Waals surface area contributed by atoms with E-state index in [1.54, 1.807) is 6.08 Å². The number of carbonyl (C=O) groups is 1. The molecule has 5 nitrogen and oxygen atoms in total. The number of nitrogens with two attached hydrogens (primary N) is 1. The normalized spacial score (nSPS) is 12.0. The summed E-state index contributed by atoms with van der Waals surface area (Å²) in [7, 11) is 0. The lowest BCUT2D eigenvalue weighted by Gasteiger charge is -2.04. The van der Waals surface area contributed by atoms with E-state index in [-0.39, 0.29) is 0 Å². The van der Waals surface area contributed by atoms with E-state index in [1.165, 1.54) is 11.6 Å². The van der Waals surface area contributed by atoms with E-state index >= 15 is 0 Å². The maximum Gasteiger partial charge on any atom is 0.288 e. The summed E-state index contributed by atoms with van der Waals surface area (Å²) in [6.07, 6.45) is 3.13. The van der Waals surface area contributed by atoms with Crippen LogP contribution in [0.3, 0.4) is 0 Å². The average Bonchev–Trinajstić information content (AvgIpc) is 2.95. The fraction of sp³-hybridized carbons (Fsp3) is 0.150. The number of carbonyl (C=O) groups excluding carboxylic acids is 1. The van der Waals surface area contributed by atoms with Crippen molar-refractivity contribution in [2.75, 3.05) is 5.73 Å². The number of hydrogen-bond acceptors (Lipinski definition) is 3. The maximum atomic E-state index is 11.9. The molecule has 3 N–H and O–H groups in total. The Hall–Kier alpha value is -3.21. The Morgan fingerprint density at radius 3 is 2.44 bits per heavy atom. The van der Waals surface area contributed by atoms with Gasteiger partial charge in [-0.05, 0) is 23.1 Å². The molecule has 0 aliphatic heterocycles. The molecule has 3 rings (SSSR count). The van der Waals surface area contributed by atoms with Gasteiger partial charge >= 0.3 is 0 Å². The minimum atomic E-state index is -0.426. The van der Waals surface area contributed by atoms with Crippen LogP contribution in [-0.2, 0) is 4.79 Å². The number of rotatable bonds is 4. The van der Waals surface area contributed by atoms with E-state index in [0.717, 1.165) is 16.3 Å². The summed E-state index contributed by atoms with van der Waals surface area (Å²) < 4.78 is 0. The van der Waals surface area contributed by atoms with Crippen molar-refractivity contribution >= 4 is 34.4 Å². The number of fused-ring (bicyclic) bond motifs is 1. The van der Waals surface area contributed by atoms with Crippen molar-refractivity contribution in [3.63, 3.8) is 0 Å². The van der Waals surface area contributed by atoms with Gasteiger partial charge in [-0.2, -0.15) is 0 Å². The molecule has 0 aliphatic carbocycles. The second-order valence-corrected chi connectivity index (χ2v) is 6.13. The van der Waals surface area contributed by atoms with E-state index in [2.05, 4.69) is 41.2 Å². The van der Waals surface area contributed by atoms with Crippen LogP contribution in [0.4, 0.5) is 11.6 Å². The Bertz CT molecular complexity index is 949. The molecule has 0 spiro atoms. The van der Waals surface area contributed by atoms with Gasteiger partial charge in [0.25, 0.3) is 5.91 Å². The first-order chi connectivity index (χ1) is 12.0. The van der Waals surface area contributed by atoms with Crippen LogP contribution in [-0.4, -0.2) is 10.9 Å². The molecule has 0 radical (unpaired) electrons. The molecule has 0 bridgehead atoms. The molecule has 0 aliphatic rings. The smallest absolute Gasteiger partial charge is 0.288 e. The number of amides is 1. The number of nitrogen functional groups attached to an aromatic ring is 1.